The highest BCUT2D eigenvalue weighted by Crippen LogP contribution is 2.34. The van der Waals surface area contributed by atoms with Crippen LogP contribution in [0.15, 0.2) is 73.1 Å². The zero-order valence-corrected chi connectivity index (χ0v) is 12.3. The quantitative estimate of drug-likeness (QED) is 0.311. The Hall–Kier alpha value is -2.87. The van der Waals surface area contributed by atoms with Crippen LogP contribution in [0.5, 0.6) is 0 Å². The lowest BCUT2D eigenvalue weighted by atomic mass is 9.93. The predicted molar refractivity (Wildman–Crippen MR) is 89.0 cm³/mol. The molecule has 4 rings (SSSR count). The second-order valence-electron chi connectivity index (χ2n) is 5.59. The van der Waals surface area contributed by atoms with E-state index >= 15 is 0 Å². The summed E-state index contributed by atoms with van der Waals surface area (Å²) in [7, 11) is 0. The van der Waals surface area contributed by atoms with Gasteiger partial charge >= 0.3 is 0 Å². The smallest absolute Gasteiger partial charge is 0.222 e. The molecule has 4 aromatic rings. The molecule has 2 nitrogen and oxygen atoms in total. The van der Waals surface area contributed by atoms with Crippen LogP contribution >= 0.6 is 0 Å². The molecule has 1 aromatic heterocycles. The van der Waals surface area contributed by atoms with E-state index in [9.17, 15) is 5.21 Å². The highest BCUT2D eigenvalue weighted by atomic mass is 16.5. The van der Waals surface area contributed by atoms with Crippen molar-refractivity contribution in [2.75, 3.05) is 0 Å². The average molecular weight is 286 g/mol. The van der Waals surface area contributed by atoms with E-state index in [0.717, 1.165) is 10.3 Å². The van der Waals surface area contributed by atoms with E-state index in [1.807, 2.05) is 12.1 Å². The van der Waals surface area contributed by atoms with Crippen LogP contribution in [0.1, 0.15) is 5.56 Å². The molecule has 3 aromatic carbocycles. The standard InChI is InChI=1S/C20H16NO/c1-14-17-6-3-2-5-16(17)13-20-18(14)7-4-8-19(20)15-9-11-21(22)12-10-15/h2-13,22H,1H3/q+1. The topological polar surface area (TPSA) is 24.1 Å². The second kappa shape index (κ2) is 4.85. The highest BCUT2D eigenvalue weighted by molar-refractivity contribution is 6.07. The molecule has 0 spiro atoms. The molecule has 0 atom stereocenters. The predicted octanol–water partition coefficient (Wildman–Crippen LogP) is 4.49. The number of rotatable bonds is 1. The first kappa shape index (κ1) is 12.8. The van der Waals surface area contributed by atoms with Crippen molar-refractivity contribution in [1.82, 2.24) is 0 Å². The van der Waals surface area contributed by atoms with Crippen LogP contribution < -0.4 is 4.73 Å². The lowest BCUT2D eigenvalue weighted by Crippen LogP contribution is -2.27. The molecule has 0 fully saturated rings. The van der Waals surface area contributed by atoms with E-state index in [-0.39, 0.29) is 0 Å². The minimum Gasteiger partial charge on any atom is -0.285 e. The molecule has 22 heavy (non-hydrogen) atoms. The van der Waals surface area contributed by atoms with E-state index in [4.69, 9.17) is 0 Å². The summed E-state index contributed by atoms with van der Waals surface area (Å²) < 4.78 is 1.06. The molecule has 0 aliphatic rings. The number of fused-ring (bicyclic) bond motifs is 2. The largest absolute Gasteiger partial charge is 0.285 e. The van der Waals surface area contributed by atoms with Crippen LogP contribution in [0, 0.1) is 6.92 Å². The minimum atomic E-state index is 1.06. The van der Waals surface area contributed by atoms with Gasteiger partial charge in [-0.2, -0.15) is 0 Å². The normalized spacial score (nSPS) is 11.1. The molecule has 0 saturated carbocycles. The SMILES string of the molecule is Cc1c2ccccc2cc2c(-c3cc[n+](O)cc3)cccc12. The van der Waals surface area contributed by atoms with Gasteiger partial charge < -0.3 is 0 Å². The van der Waals surface area contributed by atoms with Crippen molar-refractivity contribution in [3.8, 4) is 11.1 Å². The summed E-state index contributed by atoms with van der Waals surface area (Å²) in [6, 6.07) is 21.0. The van der Waals surface area contributed by atoms with Crippen LogP contribution in [0.25, 0.3) is 32.7 Å². The van der Waals surface area contributed by atoms with E-state index in [1.54, 1.807) is 12.4 Å². The van der Waals surface area contributed by atoms with Gasteiger partial charge in [0.25, 0.3) is 0 Å². The molecule has 0 aliphatic carbocycles. The molecule has 2 heteroatoms. The first-order chi connectivity index (χ1) is 10.7. The average Bonchev–Trinajstić information content (AvgIpc) is 2.56. The third-order valence-corrected chi connectivity index (χ3v) is 4.30. The van der Waals surface area contributed by atoms with Crippen LogP contribution in [0.4, 0.5) is 0 Å². The van der Waals surface area contributed by atoms with Gasteiger partial charge in [0.15, 0.2) is 0 Å². The fraction of sp³-hybridized carbons (Fsp3) is 0.0500. The lowest BCUT2D eigenvalue weighted by molar-refractivity contribution is -0.904. The number of hydrogen-bond donors (Lipinski definition) is 1. The molecule has 106 valence electrons. The van der Waals surface area contributed by atoms with Gasteiger partial charge in [-0.15, -0.1) is 0 Å². The molecular formula is C20H16NO+. The van der Waals surface area contributed by atoms with Gasteiger partial charge in [0.2, 0.25) is 12.4 Å². The number of benzene rings is 3. The van der Waals surface area contributed by atoms with E-state index in [1.165, 1.54) is 32.7 Å². The molecular weight excluding hydrogens is 270 g/mol. The number of aromatic nitrogens is 1. The van der Waals surface area contributed by atoms with Crippen LogP contribution in [0.3, 0.4) is 0 Å². The van der Waals surface area contributed by atoms with Gasteiger partial charge in [0.1, 0.15) is 0 Å². The maximum atomic E-state index is 9.42. The van der Waals surface area contributed by atoms with Gasteiger partial charge in [0.05, 0.1) is 0 Å². The lowest BCUT2D eigenvalue weighted by Gasteiger charge is -2.11. The minimum absolute atomic E-state index is 1.06. The Morgan fingerprint density at radius 1 is 0.773 bits per heavy atom. The van der Waals surface area contributed by atoms with Gasteiger partial charge in [-0.05, 0) is 51.2 Å². The van der Waals surface area contributed by atoms with Crippen molar-refractivity contribution in [2.45, 2.75) is 6.92 Å². The maximum absolute atomic E-state index is 9.42. The Labute approximate surface area is 128 Å². The zero-order chi connectivity index (χ0) is 15.1. The number of hydrogen-bond acceptors (Lipinski definition) is 1. The van der Waals surface area contributed by atoms with Crippen LogP contribution in [0.2, 0.25) is 0 Å². The van der Waals surface area contributed by atoms with Gasteiger partial charge in [0, 0.05) is 16.9 Å². The number of aryl methyl sites for hydroxylation is 1. The van der Waals surface area contributed by atoms with Crippen molar-refractivity contribution in [1.29, 1.82) is 0 Å². The summed E-state index contributed by atoms with van der Waals surface area (Å²) in [5, 5.41) is 14.5. The third kappa shape index (κ3) is 1.92. The molecule has 0 bridgehead atoms. The highest BCUT2D eigenvalue weighted by Gasteiger charge is 2.09. The molecule has 0 saturated heterocycles. The summed E-state index contributed by atoms with van der Waals surface area (Å²) in [5.74, 6) is 0. The van der Waals surface area contributed by atoms with E-state index in [2.05, 4.69) is 55.5 Å². The second-order valence-corrected chi connectivity index (χ2v) is 5.59. The summed E-state index contributed by atoms with van der Waals surface area (Å²) in [5.41, 5.74) is 3.60. The molecule has 0 amide bonds. The maximum Gasteiger partial charge on any atom is 0.222 e. The monoisotopic (exact) mass is 286 g/mol. The Morgan fingerprint density at radius 2 is 1.50 bits per heavy atom. The summed E-state index contributed by atoms with van der Waals surface area (Å²) in [6.45, 7) is 2.18. The van der Waals surface area contributed by atoms with E-state index in [0.29, 0.717) is 0 Å². The van der Waals surface area contributed by atoms with Gasteiger partial charge in [-0.3, -0.25) is 5.21 Å². The first-order valence-electron chi connectivity index (χ1n) is 7.36. The van der Waals surface area contributed by atoms with Crippen molar-refractivity contribution < 1.29 is 9.94 Å². The first-order valence-corrected chi connectivity index (χ1v) is 7.36. The van der Waals surface area contributed by atoms with Crippen molar-refractivity contribution in [2.24, 2.45) is 0 Å². The Kier molecular flexibility index (Phi) is 2.83. The van der Waals surface area contributed by atoms with E-state index < -0.39 is 0 Å². The number of pyridine rings is 1. The van der Waals surface area contributed by atoms with Crippen molar-refractivity contribution >= 4 is 21.5 Å². The Bertz CT molecular complexity index is 988. The van der Waals surface area contributed by atoms with Crippen molar-refractivity contribution in [3.63, 3.8) is 0 Å². The van der Waals surface area contributed by atoms with Gasteiger partial charge in [-0.1, -0.05) is 42.5 Å². The molecule has 0 unspecified atom stereocenters. The van der Waals surface area contributed by atoms with Crippen molar-refractivity contribution in [3.05, 3.63) is 78.6 Å². The molecule has 0 radical (unpaired) electrons. The molecule has 1 heterocycles. The van der Waals surface area contributed by atoms with Crippen LogP contribution in [-0.4, -0.2) is 5.21 Å². The molecule has 1 N–H and O–H groups in total. The Morgan fingerprint density at radius 3 is 2.32 bits per heavy atom. The fourth-order valence-electron chi connectivity index (χ4n) is 3.16. The number of nitrogens with zero attached hydrogens (tertiary/aromatic N) is 1. The third-order valence-electron chi connectivity index (χ3n) is 4.30. The molecule has 0 aliphatic heterocycles. The zero-order valence-electron chi connectivity index (χ0n) is 12.3. The van der Waals surface area contributed by atoms with Crippen LogP contribution in [-0.2, 0) is 0 Å². The summed E-state index contributed by atoms with van der Waals surface area (Å²) in [4.78, 5) is 0. The summed E-state index contributed by atoms with van der Waals surface area (Å²) in [6.07, 6.45) is 3.31. The fourth-order valence-corrected chi connectivity index (χ4v) is 3.16. The van der Waals surface area contributed by atoms with Gasteiger partial charge in [-0.25, -0.2) is 0 Å². The summed E-state index contributed by atoms with van der Waals surface area (Å²) >= 11 is 0. The Balaban J connectivity index is 2.10.